The monoisotopic (exact) mass is 391 g/mol. The Balaban J connectivity index is 1.58. The highest BCUT2D eigenvalue weighted by Gasteiger charge is 2.23. The maximum absolute atomic E-state index is 13.1. The molecule has 0 bridgehead atoms. The summed E-state index contributed by atoms with van der Waals surface area (Å²) < 4.78 is 31.2. The lowest BCUT2D eigenvalue weighted by Gasteiger charge is -2.17. The molecule has 9 heteroatoms. The lowest BCUT2D eigenvalue weighted by Crippen LogP contribution is -2.28. The van der Waals surface area contributed by atoms with E-state index in [-0.39, 0.29) is 30.2 Å². The Morgan fingerprint density at radius 2 is 1.89 bits per heavy atom. The van der Waals surface area contributed by atoms with Crippen LogP contribution in [0, 0.1) is 21.7 Å². The van der Waals surface area contributed by atoms with Crippen LogP contribution in [0.15, 0.2) is 36.4 Å². The number of ether oxygens (including phenoxy) is 1. The first-order valence-corrected chi connectivity index (χ1v) is 8.85. The second kappa shape index (κ2) is 8.64. The van der Waals surface area contributed by atoms with Crippen molar-refractivity contribution in [3.63, 3.8) is 0 Å². The molecule has 0 aromatic heterocycles. The van der Waals surface area contributed by atoms with Crippen LogP contribution in [-0.4, -0.2) is 37.1 Å². The van der Waals surface area contributed by atoms with Gasteiger partial charge in [0.05, 0.1) is 11.5 Å². The van der Waals surface area contributed by atoms with Crippen LogP contribution in [0.5, 0.6) is 5.75 Å². The first-order chi connectivity index (χ1) is 13.5. The largest absolute Gasteiger partial charge is 0.492 e. The molecule has 2 aromatic rings. The number of anilines is 1. The third-order valence-corrected chi connectivity index (χ3v) is 4.43. The van der Waals surface area contributed by atoms with Gasteiger partial charge in [0.25, 0.3) is 11.6 Å². The van der Waals surface area contributed by atoms with E-state index >= 15 is 0 Å². The normalized spacial score (nSPS) is 13.4. The second-order valence-corrected chi connectivity index (χ2v) is 6.34. The van der Waals surface area contributed by atoms with E-state index in [0.717, 1.165) is 38.1 Å². The minimum absolute atomic E-state index is 0.0325. The van der Waals surface area contributed by atoms with Crippen LogP contribution in [0.2, 0.25) is 0 Å². The van der Waals surface area contributed by atoms with Crippen molar-refractivity contribution < 1.29 is 23.2 Å². The van der Waals surface area contributed by atoms with E-state index in [2.05, 4.69) is 5.32 Å². The summed E-state index contributed by atoms with van der Waals surface area (Å²) in [5.74, 6) is -2.34. The zero-order valence-electron chi connectivity index (χ0n) is 15.0. The highest BCUT2D eigenvalue weighted by Crippen LogP contribution is 2.31. The number of rotatable bonds is 7. The van der Waals surface area contributed by atoms with Gasteiger partial charge in [-0.25, -0.2) is 8.78 Å². The molecule has 0 unspecified atom stereocenters. The molecule has 1 saturated heterocycles. The van der Waals surface area contributed by atoms with E-state index in [1.807, 2.05) is 4.90 Å². The number of carbonyl (C=O) groups excluding carboxylic acids is 1. The Morgan fingerprint density at radius 3 is 2.57 bits per heavy atom. The third-order valence-electron chi connectivity index (χ3n) is 4.43. The average Bonchev–Trinajstić information content (AvgIpc) is 3.22. The molecule has 0 aliphatic carbocycles. The number of benzene rings is 2. The van der Waals surface area contributed by atoms with Crippen molar-refractivity contribution in [1.82, 2.24) is 5.32 Å². The molecule has 7 nitrogen and oxygen atoms in total. The number of nitro benzene ring substituents is 1. The molecule has 1 aliphatic rings. The number of nitro groups is 1. The quantitative estimate of drug-likeness (QED) is 0.445. The molecule has 0 saturated carbocycles. The molecule has 1 fully saturated rings. The van der Waals surface area contributed by atoms with Gasteiger partial charge in [0.15, 0.2) is 11.6 Å². The summed E-state index contributed by atoms with van der Waals surface area (Å²) in [5, 5.41) is 14.0. The van der Waals surface area contributed by atoms with Crippen molar-refractivity contribution in [3.8, 4) is 5.75 Å². The second-order valence-electron chi connectivity index (χ2n) is 6.34. The highest BCUT2D eigenvalue weighted by atomic mass is 19.2. The molecular weight excluding hydrogens is 372 g/mol. The summed E-state index contributed by atoms with van der Waals surface area (Å²) in [6, 6.07) is 7.55. The molecule has 3 rings (SSSR count). The molecule has 0 radical (unpaired) electrons. The fraction of sp³-hybridized carbons (Fsp3) is 0.316. The molecule has 2 aromatic carbocycles. The molecule has 28 heavy (non-hydrogen) atoms. The van der Waals surface area contributed by atoms with Crippen molar-refractivity contribution >= 4 is 17.3 Å². The number of halogens is 2. The van der Waals surface area contributed by atoms with Crippen molar-refractivity contribution in [2.45, 2.75) is 12.8 Å². The van der Waals surface area contributed by atoms with Gasteiger partial charge in [0, 0.05) is 30.8 Å². The molecule has 0 atom stereocenters. The summed E-state index contributed by atoms with van der Waals surface area (Å²) in [6.45, 7) is 1.64. The molecule has 148 valence electrons. The predicted octanol–water partition coefficient (Wildman–Crippen LogP) is 3.28. The van der Waals surface area contributed by atoms with Gasteiger partial charge in [-0.15, -0.1) is 0 Å². The van der Waals surface area contributed by atoms with Crippen LogP contribution < -0.4 is 15.0 Å². The van der Waals surface area contributed by atoms with Crippen LogP contribution in [0.25, 0.3) is 0 Å². The lowest BCUT2D eigenvalue weighted by atomic mass is 10.1. The summed E-state index contributed by atoms with van der Waals surface area (Å²) in [7, 11) is 0. The molecule has 1 amide bonds. The fourth-order valence-electron chi connectivity index (χ4n) is 3.04. The van der Waals surface area contributed by atoms with E-state index in [0.29, 0.717) is 5.69 Å². The molecule has 1 aliphatic heterocycles. The van der Waals surface area contributed by atoms with Gasteiger partial charge in [-0.3, -0.25) is 14.9 Å². The van der Waals surface area contributed by atoms with E-state index in [9.17, 15) is 23.7 Å². The number of hydrogen-bond acceptors (Lipinski definition) is 5. The van der Waals surface area contributed by atoms with E-state index < -0.39 is 22.5 Å². The lowest BCUT2D eigenvalue weighted by molar-refractivity contribution is -0.384. The smallest absolute Gasteiger partial charge is 0.293 e. The van der Waals surface area contributed by atoms with Crippen LogP contribution in [-0.2, 0) is 0 Å². The SMILES string of the molecule is O=C(NCCOc1ccc(F)c(F)c1)c1ccc(N2CCCC2)c([N+](=O)[O-])c1. The minimum Gasteiger partial charge on any atom is -0.492 e. The van der Waals surface area contributed by atoms with E-state index in [1.165, 1.54) is 12.1 Å². The van der Waals surface area contributed by atoms with Gasteiger partial charge in [0.2, 0.25) is 0 Å². The molecule has 1 heterocycles. The van der Waals surface area contributed by atoms with E-state index in [4.69, 9.17) is 4.74 Å². The number of nitrogens with one attached hydrogen (secondary N) is 1. The predicted molar refractivity (Wildman–Crippen MR) is 98.7 cm³/mol. The van der Waals surface area contributed by atoms with Crippen molar-refractivity contribution in [3.05, 3.63) is 63.7 Å². The maximum atomic E-state index is 13.1. The topological polar surface area (TPSA) is 84.7 Å². The van der Waals surface area contributed by atoms with Crippen LogP contribution in [0.4, 0.5) is 20.2 Å². The zero-order chi connectivity index (χ0) is 20.1. The zero-order valence-corrected chi connectivity index (χ0v) is 15.0. The summed E-state index contributed by atoms with van der Waals surface area (Å²) in [4.78, 5) is 25.1. The Kier molecular flexibility index (Phi) is 6.03. The Labute approximate surface area is 160 Å². The third kappa shape index (κ3) is 4.54. The maximum Gasteiger partial charge on any atom is 0.293 e. The van der Waals surface area contributed by atoms with Gasteiger partial charge < -0.3 is 15.0 Å². The van der Waals surface area contributed by atoms with Gasteiger partial charge in [-0.2, -0.15) is 0 Å². The molecule has 1 N–H and O–H groups in total. The van der Waals surface area contributed by atoms with E-state index in [1.54, 1.807) is 12.1 Å². The minimum atomic E-state index is -1.02. The van der Waals surface area contributed by atoms with Gasteiger partial charge >= 0.3 is 0 Å². The van der Waals surface area contributed by atoms with Crippen molar-refractivity contribution in [1.29, 1.82) is 0 Å². The summed E-state index contributed by atoms with van der Waals surface area (Å²) in [5.41, 5.74) is 0.579. The first-order valence-electron chi connectivity index (χ1n) is 8.85. The van der Waals surface area contributed by atoms with Crippen LogP contribution >= 0.6 is 0 Å². The number of amides is 1. The van der Waals surface area contributed by atoms with Crippen molar-refractivity contribution in [2.24, 2.45) is 0 Å². The number of nitrogens with zero attached hydrogens (tertiary/aromatic N) is 2. The number of hydrogen-bond donors (Lipinski definition) is 1. The van der Waals surface area contributed by atoms with Crippen LogP contribution in [0.1, 0.15) is 23.2 Å². The highest BCUT2D eigenvalue weighted by molar-refractivity contribution is 5.95. The van der Waals surface area contributed by atoms with Gasteiger partial charge in [0.1, 0.15) is 18.0 Å². The van der Waals surface area contributed by atoms with Crippen molar-refractivity contribution in [2.75, 3.05) is 31.1 Å². The van der Waals surface area contributed by atoms with Gasteiger partial charge in [-0.05, 0) is 37.1 Å². The average molecular weight is 391 g/mol. The summed E-state index contributed by atoms with van der Waals surface area (Å²) in [6.07, 6.45) is 1.97. The summed E-state index contributed by atoms with van der Waals surface area (Å²) >= 11 is 0. The molecule has 0 spiro atoms. The van der Waals surface area contributed by atoms with Crippen LogP contribution in [0.3, 0.4) is 0 Å². The Hall–Kier alpha value is -3.23. The Morgan fingerprint density at radius 1 is 1.14 bits per heavy atom. The molecular formula is C19H19F2N3O4. The number of carbonyl (C=O) groups is 1. The first kappa shape index (κ1) is 19.5. The Bertz CT molecular complexity index is 885. The standard InChI is InChI=1S/C19H19F2N3O4/c20-15-5-4-14(12-16(15)21)28-10-7-22-19(25)13-3-6-17(18(11-13)24(26)27)23-8-1-2-9-23/h3-6,11-12H,1-2,7-10H2,(H,22,25). The van der Waals surface area contributed by atoms with Gasteiger partial charge in [-0.1, -0.05) is 0 Å². The fourth-order valence-corrected chi connectivity index (χ4v) is 3.04.